The minimum atomic E-state index is -3.59. The summed E-state index contributed by atoms with van der Waals surface area (Å²) in [6.07, 6.45) is 0.972. The van der Waals surface area contributed by atoms with Gasteiger partial charge in [0.25, 0.3) is 5.91 Å². The molecule has 0 bridgehead atoms. The Morgan fingerprint density at radius 3 is 2.45 bits per heavy atom. The average molecular weight is 368 g/mol. The van der Waals surface area contributed by atoms with Crippen LogP contribution in [0.4, 0.5) is 0 Å². The lowest BCUT2D eigenvalue weighted by Crippen LogP contribution is -2.37. The van der Waals surface area contributed by atoms with E-state index in [0.717, 1.165) is 11.8 Å². The minimum absolute atomic E-state index is 0.199. The molecule has 0 saturated heterocycles. The van der Waals surface area contributed by atoms with Crippen molar-refractivity contribution in [2.75, 3.05) is 12.8 Å². The van der Waals surface area contributed by atoms with Gasteiger partial charge in [0.1, 0.15) is 5.75 Å². The van der Waals surface area contributed by atoms with Crippen LogP contribution in [-0.4, -0.2) is 36.9 Å². The van der Waals surface area contributed by atoms with Crippen LogP contribution in [0.2, 0.25) is 0 Å². The molecule has 0 radical (unpaired) electrons. The lowest BCUT2D eigenvalue weighted by atomic mass is 10.1. The van der Waals surface area contributed by atoms with Crippen LogP contribution < -0.4 is 4.18 Å². The normalized spacial score (nSPS) is 11.8. The van der Waals surface area contributed by atoms with E-state index in [4.69, 9.17) is 27.4 Å². The highest BCUT2D eigenvalue weighted by Crippen LogP contribution is 2.18. The predicted octanol–water partition coefficient (Wildman–Crippen LogP) is 2.81. The molecule has 1 rings (SSSR count). The van der Waals surface area contributed by atoms with E-state index >= 15 is 0 Å². The van der Waals surface area contributed by atoms with E-state index < -0.39 is 15.0 Å². The third-order valence-electron chi connectivity index (χ3n) is 2.60. The van der Waals surface area contributed by atoms with Crippen LogP contribution in [0.3, 0.4) is 0 Å². The highest BCUT2D eigenvalue weighted by Gasteiger charge is 2.21. The number of hydrogen-bond acceptors (Lipinski definition) is 4. The number of amides is 1. The third-order valence-corrected chi connectivity index (χ3v) is 3.47. The summed E-state index contributed by atoms with van der Waals surface area (Å²) in [4.78, 5) is 12.4. The van der Waals surface area contributed by atoms with Gasteiger partial charge in [-0.25, -0.2) is 0 Å². The standard InChI is InChI=1S/C14H19Cl2NO4S/c1-10(2)8-17(14(18)13(15)16)9-11-5-4-6-12(7-11)21-22(3,19)20/h4-7,10,13H,8-9H2,1-3H3. The molecule has 0 aliphatic heterocycles. The van der Waals surface area contributed by atoms with E-state index in [1.807, 2.05) is 13.8 Å². The van der Waals surface area contributed by atoms with Gasteiger partial charge in [-0.1, -0.05) is 49.2 Å². The summed E-state index contributed by atoms with van der Waals surface area (Å²) in [5.74, 6) is 0.0585. The maximum atomic E-state index is 12.0. The van der Waals surface area contributed by atoms with Crippen molar-refractivity contribution < 1.29 is 17.4 Å². The van der Waals surface area contributed by atoms with E-state index in [1.54, 1.807) is 18.2 Å². The molecule has 0 aliphatic carbocycles. The lowest BCUT2D eigenvalue weighted by molar-refractivity contribution is -0.130. The molecular weight excluding hydrogens is 349 g/mol. The monoisotopic (exact) mass is 367 g/mol. The van der Waals surface area contributed by atoms with Crippen molar-refractivity contribution in [1.29, 1.82) is 0 Å². The molecule has 0 unspecified atom stereocenters. The molecule has 1 aromatic carbocycles. The smallest absolute Gasteiger partial charge is 0.306 e. The molecule has 124 valence electrons. The van der Waals surface area contributed by atoms with Crippen LogP contribution in [0.25, 0.3) is 0 Å². The van der Waals surface area contributed by atoms with Crippen molar-refractivity contribution in [3.8, 4) is 5.75 Å². The number of carbonyl (C=O) groups is 1. The highest BCUT2D eigenvalue weighted by atomic mass is 35.5. The summed E-state index contributed by atoms with van der Waals surface area (Å²) < 4.78 is 27.1. The fraction of sp³-hybridized carbons (Fsp3) is 0.500. The van der Waals surface area contributed by atoms with Crippen molar-refractivity contribution in [2.45, 2.75) is 25.2 Å². The molecule has 0 spiro atoms. The molecule has 1 aromatic rings. The number of rotatable bonds is 7. The van der Waals surface area contributed by atoms with Crippen molar-refractivity contribution in [3.05, 3.63) is 29.8 Å². The van der Waals surface area contributed by atoms with Gasteiger partial charge in [0.2, 0.25) is 0 Å². The van der Waals surface area contributed by atoms with Gasteiger partial charge >= 0.3 is 10.1 Å². The molecule has 0 heterocycles. The first-order chi connectivity index (χ1) is 10.1. The largest absolute Gasteiger partial charge is 0.383 e. The highest BCUT2D eigenvalue weighted by molar-refractivity contribution is 7.86. The van der Waals surface area contributed by atoms with Crippen LogP contribution in [0.5, 0.6) is 5.75 Å². The Hall–Kier alpha value is -0.980. The minimum Gasteiger partial charge on any atom is -0.383 e. The molecule has 0 aliphatic rings. The van der Waals surface area contributed by atoms with E-state index in [1.165, 1.54) is 11.0 Å². The van der Waals surface area contributed by atoms with E-state index in [9.17, 15) is 13.2 Å². The zero-order valence-electron chi connectivity index (χ0n) is 12.6. The Bertz CT molecular complexity index is 617. The second-order valence-corrected chi connectivity index (χ2v) is 8.02. The second-order valence-electron chi connectivity index (χ2n) is 5.35. The summed E-state index contributed by atoms with van der Waals surface area (Å²) in [6, 6.07) is 6.53. The quantitative estimate of drug-likeness (QED) is 0.548. The topological polar surface area (TPSA) is 63.7 Å². The van der Waals surface area contributed by atoms with Crippen molar-refractivity contribution >= 4 is 39.2 Å². The second kappa shape index (κ2) is 8.04. The summed E-state index contributed by atoms with van der Waals surface area (Å²) in [7, 11) is -3.59. The Morgan fingerprint density at radius 1 is 1.32 bits per heavy atom. The van der Waals surface area contributed by atoms with Crippen LogP contribution in [-0.2, 0) is 21.5 Å². The van der Waals surface area contributed by atoms with Crippen molar-refractivity contribution in [1.82, 2.24) is 4.90 Å². The first-order valence-corrected chi connectivity index (χ1v) is 9.32. The number of carbonyl (C=O) groups excluding carboxylic acids is 1. The summed E-state index contributed by atoms with van der Waals surface area (Å²) >= 11 is 11.3. The number of halogens is 2. The third kappa shape index (κ3) is 6.85. The van der Waals surface area contributed by atoms with Gasteiger partial charge < -0.3 is 9.08 Å². The van der Waals surface area contributed by atoms with Gasteiger partial charge in [-0.2, -0.15) is 8.42 Å². The first-order valence-electron chi connectivity index (χ1n) is 6.64. The molecule has 0 aromatic heterocycles. The summed E-state index contributed by atoms with van der Waals surface area (Å²) in [5.41, 5.74) is 0.726. The SMILES string of the molecule is CC(C)CN(Cc1cccc(OS(C)(=O)=O)c1)C(=O)C(Cl)Cl. The Morgan fingerprint density at radius 2 is 1.95 bits per heavy atom. The van der Waals surface area contributed by atoms with E-state index in [-0.39, 0.29) is 24.1 Å². The first kappa shape index (κ1) is 19.1. The Labute approximate surface area is 141 Å². The molecule has 0 fully saturated rings. The van der Waals surface area contributed by atoms with Gasteiger partial charge in [-0.15, -0.1) is 0 Å². The molecule has 0 N–H and O–H groups in total. The fourth-order valence-electron chi connectivity index (χ4n) is 1.90. The molecule has 8 heteroatoms. The zero-order valence-corrected chi connectivity index (χ0v) is 15.0. The Kier molecular flexibility index (Phi) is 6.97. The van der Waals surface area contributed by atoms with Crippen molar-refractivity contribution in [2.24, 2.45) is 5.92 Å². The van der Waals surface area contributed by atoms with Crippen LogP contribution in [0.15, 0.2) is 24.3 Å². The maximum Gasteiger partial charge on any atom is 0.306 e. The van der Waals surface area contributed by atoms with Gasteiger partial charge in [-0.05, 0) is 23.6 Å². The Balaban J connectivity index is 2.93. The van der Waals surface area contributed by atoms with Crippen LogP contribution >= 0.6 is 23.2 Å². The number of hydrogen-bond donors (Lipinski definition) is 0. The molecule has 22 heavy (non-hydrogen) atoms. The molecule has 5 nitrogen and oxygen atoms in total. The number of nitrogens with zero attached hydrogens (tertiary/aromatic N) is 1. The van der Waals surface area contributed by atoms with E-state index in [0.29, 0.717) is 6.54 Å². The predicted molar refractivity (Wildman–Crippen MR) is 87.7 cm³/mol. The maximum absolute atomic E-state index is 12.0. The lowest BCUT2D eigenvalue weighted by Gasteiger charge is -2.25. The zero-order chi connectivity index (χ0) is 16.9. The van der Waals surface area contributed by atoms with Gasteiger partial charge in [0.15, 0.2) is 4.84 Å². The molecule has 0 atom stereocenters. The van der Waals surface area contributed by atoms with Gasteiger partial charge in [0, 0.05) is 13.1 Å². The average Bonchev–Trinajstić information content (AvgIpc) is 2.34. The van der Waals surface area contributed by atoms with Crippen molar-refractivity contribution in [3.63, 3.8) is 0 Å². The summed E-state index contributed by atoms with van der Waals surface area (Å²) in [6.45, 7) is 4.71. The van der Waals surface area contributed by atoms with Gasteiger partial charge in [-0.3, -0.25) is 4.79 Å². The molecule has 0 saturated carbocycles. The fourth-order valence-corrected chi connectivity index (χ4v) is 2.63. The molecule has 1 amide bonds. The van der Waals surface area contributed by atoms with Crippen LogP contribution in [0, 0.1) is 5.92 Å². The van der Waals surface area contributed by atoms with Crippen LogP contribution in [0.1, 0.15) is 19.4 Å². The number of alkyl halides is 2. The van der Waals surface area contributed by atoms with E-state index in [2.05, 4.69) is 0 Å². The van der Waals surface area contributed by atoms with Gasteiger partial charge in [0.05, 0.1) is 6.26 Å². The molecular formula is C14H19Cl2NO4S. The summed E-state index contributed by atoms with van der Waals surface area (Å²) in [5, 5.41) is 0. The number of benzene rings is 1.